The number of benzene rings is 9. The second-order valence-corrected chi connectivity index (χ2v) is 14.0. The number of rotatable bonds is 4. The van der Waals surface area contributed by atoms with E-state index < -0.39 is 0 Å². The van der Waals surface area contributed by atoms with E-state index in [1.165, 1.54) is 76.4 Å². The van der Waals surface area contributed by atoms with Gasteiger partial charge in [0, 0.05) is 32.8 Å². The van der Waals surface area contributed by atoms with Gasteiger partial charge in [-0.2, -0.15) is 0 Å². The van der Waals surface area contributed by atoms with Gasteiger partial charge in [0.15, 0.2) is 0 Å². The van der Waals surface area contributed by atoms with Crippen molar-refractivity contribution in [1.29, 1.82) is 0 Å². The average Bonchev–Trinajstić information content (AvgIpc) is 3.55. The van der Waals surface area contributed by atoms with Gasteiger partial charge < -0.3 is 4.57 Å². The minimum atomic E-state index is 1.01. The molecule has 0 aliphatic heterocycles. The van der Waals surface area contributed by atoms with Gasteiger partial charge in [-0.15, -0.1) is 0 Å². The van der Waals surface area contributed by atoms with E-state index in [4.69, 9.17) is 4.98 Å². The lowest BCUT2D eigenvalue weighted by Gasteiger charge is -2.13. The molecule has 0 spiro atoms. The van der Waals surface area contributed by atoms with Crippen molar-refractivity contribution in [1.82, 2.24) is 9.55 Å². The predicted octanol–water partition coefficient (Wildman–Crippen LogP) is 13.8. The zero-order chi connectivity index (χ0) is 34.9. The first-order valence-corrected chi connectivity index (χ1v) is 18.2. The van der Waals surface area contributed by atoms with Gasteiger partial charge >= 0.3 is 0 Å². The number of hydrogen-bond donors (Lipinski definition) is 0. The summed E-state index contributed by atoms with van der Waals surface area (Å²) in [6.45, 7) is 0. The quantitative estimate of drug-likeness (QED) is 0.170. The predicted molar refractivity (Wildman–Crippen MR) is 225 cm³/mol. The largest absolute Gasteiger partial charge is 0.309 e. The number of nitrogens with zero attached hydrogens (tertiary/aromatic N) is 2. The fourth-order valence-electron chi connectivity index (χ4n) is 8.31. The summed E-state index contributed by atoms with van der Waals surface area (Å²) in [6, 6.07) is 70.5. The van der Waals surface area contributed by atoms with Crippen LogP contribution in [0.3, 0.4) is 0 Å². The lowest BCUT2D eigenvalue weighted by atomic mass is 9.96. The van der Waals surface area contributed by atoms with E-state index in [1.807, 2.05) is 0 Å². The molecule has 0 radical (unpaired) electrons. The van der Waals surface area contributed by atoms with Crippen LogP contribution < -0.4 is 0 Å². The minimum Gasteiger partial charge on any atom is -0.309 e. The lowest BCUT2D eigenvalue weighted by Crippen LogP contribution is -1.95. The molecule has 0 fully saturated rings. The molecule has 53 heavy (non-hydrogen) atoms. The third kappa shape index (κ3) is 4.84. The number of para-hydroxylation sites is 2. The van der Waals surface area contributed by atoms with Gasteiger partial charge in [0.25, 0.3) is 0 Å². The molecule has 246 valence electrons. The maximum Gasteiger partial charge on any atom is 0.0788 e. The van der Waals surface area contributed by atoms with Crippen LogP contribution in [0.15, 0.2) is 194 Å². The van der Waals surface area contributed by atoms with Gasteiger partial charge in [-0.25, -0.2) is 4.98 Å². The van der Waals surface area contributed by atoms with Crippen LogP contribution in [0.5, 0.6) is 0 Å². The molecule has 0 saturated heterocycles. The Bertz CT molecular complexity index is 3220. The maximum atomic E-state index is 5.24. The number of aromatic nitrogens is 2. The van der Waals surface area contributed by atoms with Gasteiger partial charge in [0.2, 0.25) is 0 Å². The molecule has 2 nitrogen and oxygen atoms in total. The maximum absolute atomic E-state index is 5.24. The van der Waals surface area contributed by atoms with Crippen LogP contribution >= 0.6 is 0 Å². The summed E-state index contributed by atoms with van der Waals surface area (Å²) in [6.07, 6.45) is 0. The van der Waals surface area contributed by atoms with Gasteiger partial charge in [-0.05, 0) is 104 Å². The third-order valence-corrected chi connectivity index (χ3v) is 10.9. The summed E-state index contributed by atoms with van der Waals surface area (Å²) in [5.41, 5.74) is 11.5. The van der Waals surface area contributed by atoms with Crippen molar-refractivity contribution in [2.24, 2.45) is 0 Å². The normalized spacial score (nSPS) is 11.8. The summed E-state index contributed by atoms with van der Waals surface area (Å²) in [7, 11) is 0. The van der Waals surface area contributed by atoms with E-state index >= 15 is 0 Å². The van der Waals surface area contributed by atoms with Crippen LogP contribution in [0.1, 0.15) is 0 Å². The van der Waals surface area contributed by atoms with Crippen molar-refractivity contribution in [2.75, 3.05) is 0 Å². The smallest absolute Gasteiger partial charge is 0.0788 e. The minimum absolute atomic E-state index is 1.01. The fourth-order valence-corrected chi connectivity index (χ4v) is 8.31. The summed E-state index contributed by atoms with van der Waals surface area (Å²) in [4.78, 5) is 5.24. The zero-order valence-corrected chi connectivity index (χ0v) is 28.9. The Labute approximate surface area is 306 Å². The molecule has 0 bridgehead atoms. The van der Waals surface area contributed by atoms with Crippen LogP contribution in [-0.4, -0.2) is 9.55 Å². The molecule has 0 N–H and O–H groups in total. The highest BCUT2D eigenvalue weighted by molar-refractivity contribution is 6.20. The van der Waals surface area contributed by atoms with Gasteiger partial charge in [-0.3, -0.25) is 0 Å². The Morgan fingerprint density at radius 1 is 0.302 bits per heavy atom. The molecular formula is C51H32N2. The molecule has 0 aliphatic rings. The highest BCUT2D eigenvalue weighted by Crippen LogP contribution is 2.40. The first kappa shape index (κ1) is 29.7. The molecular weight excluding hydrogens is 641 g/mol. The first-order valence-electron chi connectivity index (χ1n) is 18.2. The Hall–Kier alpha value is -7.03. The topological polar surface area (TPSA) is 17.8 Å². The van der Waals surface area contributed by atoms with E-state index in [2.05, 4.69) is 199 Å². The van der Waals surface area contributed by atoms with Crippen molar-refractivity contribution in [3.8, 4) is 39.2 Å². The molecule has 2 heterocycles. The summed E-state index contributed by atoms with van der Waals surface area (Å²) < 4.78 is 2.43. The first-order chi connectivity index (χ1) is 26.2. The Kier molecular flexibility index (Phi) is 6.59. The molecule has 9 aromatic carbocycles. The van der Waals surface area contributed by atoms with Crippen molar-refractivity contribution in [3.63, 3.8) is 0 Å². The lowest BCUT2D eigenvalue weighted by molar-refractivity contribution is 1.18. The summed E-state index contributed by atoms with van der Waals surface area (Å²) in [5, 5.41) is 11.0. The second kappa shape index (κ2) is 11.8. The summed E-state index contributed by atoms with van der Waals surface area (Å²) >= 11 is 0. The van der Waals surface area contributed by atoms with Gasteiger partial charge in [-0.1, -0.05) is 140 Å². The Morgan fingerprint density at radius 3 is 1.66 bits per heavy atom. The van der Waals surface area contributed by atoms with E-state index in [-0.39, 0.29) is 0 Å². The second-order valence-electron chi connectivity index (χ2n) is 14.0. The SMILES string of the molecule is c1ccc(-c2nc3ccccc3c3cc4c5ccccc5n(-c5cccc(-c6ccc7cc(-c8ccc9ccccc9c8)ccc7c6)c5)c4cc23)cc1. The van der Waals surface area contributed by atoms with Crippen molar-refractivity contribution >= 4 is 65.0 Å². The molecule has 2 heteroatoms. The van der Waals surface area contributed by atoms with Crippen LogP contribution in [0, 0.1) is 0 Å². The highest BCUT2D eigenvalue weighted by Gasteiger charge is 2.18. The van der Waals surface area contributed by atoms with E-state index in [0.29, 0.717) is 0 Å². The van der Waals surface area contributed by atoms with Crippen molar-refractivity contribution < 1.29 is 0 Å². The molecule has 0 amide bonds. The molecule has 0 aliphatic carbocycles. The van der Waals surface area contributed by atoms with Gasteiger partial charge in [0.05, 0.1) is 22.2 Å². The monoisotopic (exact) mass is 672 g/mol. The fraction of sp³-hybridized carbons (Fsp3) is 0. The average molecular weight is 673 g/mol. The van der Waals surface area contributed by atoms with E-state index in [0.717, 1.165) is 27.8 Å². The Balaban J connectivity index is 1.06. The van der Waals surface area contributed by atoms with Crippen molar-refractivity contribution in [3.05, 3.63) is 194 Å². The van der Waals surface area contributed by atoms with E-state index in [1.54, 1.807) is 0 Å². The van der Waals surface area contributed by atoms with Crippen LogP contribution in [-0.2, 0) is 0 Å². The number of fused-ring (bicyclic) bond motifs is 8. The Morgan fingerprint density at radius 2 is 0.887 bits per heavy atom. The molecule has 0 unspecified atom stereocenters. The summed E-state index contributed by atoms with van der Waals surface area (Å²) in [5.74, 6) is 0. The molecule has 11 rings (SSSR count). The molecule has 11 aromatic rings. The van der Waals surface area contributed by atoms with Gasteiger partial charge in [0.1, 0.15) is 0 Å². The third-order valence-electron chi connectivity index (χ3n) is 10.9. The molecule has 0 saturated carbocycles. The molecule has 2 aromatic heterocycles. The highest BCUT2D eigenvalue weighted by atomic mass is 15.0. The standard InChI is InChI=1S/C51H32N2/c1-2-12-34(13-3-1)51-47-32-50-46(31-45(47)43-17-6-8-19-48(43)52-51)44-18-7-9-20-49(44)53(50)42-16-10-15-36(30-42)37-23-24-41-29-40(26-25-39(41)28-37)38-22-21-33-11-4-5-14-35(33)27-38/h1-32H. The van der Waals surface area contributed by atoms with Crippen molar-refractivity contribution in [2.45, 2.75) is 0 Å². The number of pyridine rings is 1. The van der Waals surface area contributed by atoms with E-state index in [9.17, 15) is 0 Å². The number of hydrogen-bond acceptors (Lipinski definition) is 1. The zero-order valence-electron chi connectivity index (χ0n) is 28.9. The molecule has 0 atom stereocenters. The van der Waals surface area contributed by atoms with Crippen LogP contribution in [0.2, 0.25) is 0 Å². The van der Waals surface area contributed by atoms with Crippen LogP contribution in [0.25, 0.3) is 104 Å². The van der Waals surface area contributed by atoms with Crippen LogP contribution in [0.4, 0.5) is 0 Å².